The van der Waals surface area contributed by atoms with Gasteiger partial charge in [-0.2, -0.15) is 0 Å². The van der Waals surface area contributed by atoms with Gasteiger partial charge >= 0.3 is 5.97 Å². The van der Waals surface area contributed by atoms with Crippen molar-refractivity contribution in [2.45, 2.75) is 13.8 Å². The summed E-state index contributed by atoms with van der Waals surface area (Å²) >= 11 is 12.0. The molecule has 0 atom stereocenters. The molecule has 7 nitrogen and oxygen atoms in total. The quantitative estimate of drug-likeness (QED) is 0.114. The number of benzene rings is 3. The van der Waals surface area contributed by atoms with Gasteiger partial charge in [-0.1, -0.05) is 41.9 Å². The number of hydrogen-bond acceptors (Lipinski definition) is 6. The Morgan fingerprint density at radius 2 is 1.57 bits per heavy atom. The summed E-state index contributed by atoms with van der Waals surface area (Å²) in [5.74, 6) is -0.966. The van der Waals surface area contributed by atoms with Gasteiger partial charge in [0.1, 0.15) is 17.1 Å². The summed E-state index contributed by atoms with van der Waals surface area (Å²) in [6.45, 7) is 3.92. The van der Waals surface area contributed by atoms with Crippen LogP contribution in [0.1, 0.15) is 27.2 Å². The third-order valence-electron chi connectivity index (χ3n) is 6.58. The standard InChI is InChI=1S/C31H23ClN2O5S/c1-18-9-11-22(15-19(18)2)34-29(36)25(28(35)33(31(34)40)21-7-5-4-6-8-21)17-23-12-14-27(39-23)20-10-13-24(26(32)16-20)30(37)38-3/h4-17H,1-3H3/b25-17-. The van der Waals surface area contributed by atoms with Gasteiger partial charge in [-0.25, -0.2) is 4.79 Å². The van der Waals surface area contributed by atoms with Gasteiger partial charge in [0.2, 0.25) is 0 Å². The summed E-state index contributed by atoms with van der Waals surface area (Å²) in [5, 5.41) is 0.261. The molecule has 1 aromatic heterocycles. The number of hydrogen-bond donors (Lipinski definition) is 0. The maximum Gasteiger partial charge on any atom is 0.339 e. The molecule has 9 heteroatoms. The second kappa shape index (κ2) is 10.9. The summed E-state index contributed by atoms with van der Waals surface area (Å²) < 4.78 is 10.7. The van der Waals surface area contributed by atoms with Gasteiger partial charge in [0.25, 0.3) is 11.8 Å². The second-order valence-corrected chi connectivity index (χ2v) is 9.89. The van der Waals surface area contributed by atoms with Crippen molar-refractivity contribution in [3.8, 4) is 11.3 Å². The molecule has 2 heterocycles. The number of thiocarbonyl (C=S) groups is 1. The minimum atomic E-state index is -0.565. The van der Waals surface area contributed by atoms with Crippen LogP contribution >= 0.6 is 23.8 Å². The van der Waals surface area contributed by atoms with Gasteiger partial charge in [0.15, 0.2) is 5.11 Å². The highest BCUT2D eigenvalue weighted by Crippen LogP contribution is 2.32. The van der Waals surface area contributed by atoms with Crippen LogP contribution in [0.15, 0.2) is 88.9 Å². The first-order valence-corrected chi connectivity index (χ1v) is 13.0. The number of ether oxygens (including phenoxy) is 1. The molecule has 0 bridgehead atoms. The van der Waals surface area contributed by atoms with Crippen molar-refractivity contribution in [1.29, 1.82) is 0 Å². The van der Waals surface area contributed by atoms with Crippen molar-refractivity contribution >= 4 is 64.2 Å². The molecule has 1 aliphatic rings. The number of carbonyl (C=O) groups is 3. The van der Waals surface area contributed by atoms with E-state index in [0.717, 1.165) is 11.1 Å². The molecular formula is C31H23ClN2O5S. The summed E-state index contributed by atoms with van der Waals surface area (Å²) in [4.78, 5) is 42.1. The Labute approximate surface area is 241 Å². The highest BCUT2D eigenvalue weighted by Gasteiger charge is 2.41. The first kappa shape index (κ1) is 27.1. The number of rotatable bonds is 5. The molecule has 0 saturated carbocycles. The monoisotopic (exact) mass is 570 g/mol. The molecule has 0 unspecified atom stereocenters. The Balaban J connectivity index is 1.56. The number of aryl methyl sites for hydroxylation is 2. The third-order valence-corrected chi connectivity index (χ3v) is 7.26. The number of methoxy groups -OCH3 is 1. The van der Waals surface area contributed by atoms with Crippen molar-refractivity contribution < 1.29 is 23.5 Å². The first-order chi connectivity index (χ1) is 19.2. The maximum atomic E-state index is 13.8. The Morgan fingerprint density at radius 3 is 2.23 bits per heavy atom. The van der Waals surface area contributed by atoms with E-state index in [1.807, 2.05) is 32.0 Å². The first-order valence-electron chi connectivity index (χ1n) is 12.2. The number of furan rings is 1. The van der Waals surface area contributed by atoms with Crippen LogP contribution in [-0.4, -0.2) is 30.0 Å². The Bertz CT molecular complexity index is 1710. The van der Waals surface area contributed by atoms with Gasteiger partial charge in [-0.3, -0.25) is 19.4 Å². The molecule has 1 saturated heterocycles. The van der Waals surface area contributed by atoms with Crippen LogP contribution in [0.2, 0.25) is 5.02 Å². The van der Waals surface area contributed by atoms with E-state index in [0.29, 0.717) is 22.7 Å². The summed E-state index contributed by atoms with van der Waals surface area (Å²) in [6, 6.07) is 22.6. The highest BCUT2D eigenvalue weighted by atomic mass is 35.5. The van der Waals surface area contributed by atoms with E-state index in [2.05, 4.69) is 0 Å². The average Bonchev–Trinajstić information content (AvgIpc) is 3.42. The van der Waals surface area contributed by atoms with E-state index in [1.165, 1.54) is 23.0 Å². The number of esters is 1. The summed E-state index contributed by atoms with van der Waals surface area (Å²) in [7, 11) is 1.28. The molecule has 0 radical (unpaired) electrons. The van der Waals surface area contributed by atoms with E-state index >= 15 is 0 Å². The molecule has 0 N–H and O–H groups in total. The van der Waals surface area contributed by atoms with Crippen molar-refractivity contribution in [1.82, 2.24) is 0 Å². The zero-order chi connectivity index (χ0) is 28.6. The molecule has 5 rings (SSSR count). The van der Waals surface area contributed by atoms with Crippen LogP contribution in [-0.2, 0) is 14.3 Å². The average molecular weight is 571 g/mol. The lowest BCUT2D eigenvalue weighted by Crippen LogP contribution is -2.57. The lowest BCUT2D eigenvalue weighted by atomic mass is 10.1. The number of nitrogens with zero attached hydrogens (tertiary/aromatic N) is 2. The van der Waals surface area contributed by atoms with E-state index in [4.69, 9.17) is 33.0 Å². The fourth-order valence-electron chi connectivity index (χ4n) is 4.30. The van der Waals surface area contributed by atoms with Crippen molar-refractivity contribution in [2.75, 3.05) is 16.9 Å². The molecule has 0 spiro atoms. The number of amides is 2. The van der Waals surface area contributed by atoms with Crippen LogP contribution in [0, 0.1) is 13.8 Å². The van der Waals surface area contributed by atoms with Gasteiger partial charge in [-0.05, 0) is 91.8 Å². The van der Waals surface area contributed by atoms with Crippen molar-refractivity contribution in [3.63, 3.8) is 0 Å². The largest absolute Gasteiger partial charge is 0.465 e. The number of halogens is 1. The molecule has 4 aromatic rings. The Hall–Kier alpha value is -4.53. The molecule has 40 heavy (non-hydrogen) atoms. The van der Waals surface area contributed by atoms with Gasteiger partial charge in [-0.15, -0.1) is 0 Å². The molecular weight excluding hydrogens is 548 g/mol. The maximum absolute atomic E-state index is 13.8. The Kier molecular flexibility index (Phi) is 7.38. The third kappa shape index (κ3) is 4.95. The van der Waals surface area contributed by atoms with E-state index in [1.54, 1.807) is 60.7 Å². The van der Waals surface area contributed by atoms with Gasteiger partial charge in [0.05, 0.1) is 29.1 Å². The van der Waals surface area contributed by atoms with Gasteiger partial charge < -0.3 is 9.15 Å². The molecule has 0 aliphatic carbocycles. The van der Waals surface area contributed by atoms with Crippen molar-refractivity contribution in [2.24, 2.45) is 0 Å². The van der Waals surface area contributed by atoms with Crippen LogP contribution in [0.4, 0.5) is 11.4 Å². The van der Waals surface area contributed by atoms with Crippen LogP contribution in [0.3, 0.4) is 0 Å². The van der Waals surface area contributed by atoms with E-state index in [-0.39, 0.29) is 27.0 Å². The van der Waals surface area contributed by atoms with E-state index in [9.17, 15) is 14.4 Å². The molecule has 2 amide bonds. The highest BCUT2D eigenvalue weighted by molar-refractivity contribution is 7.81. The minimum Gasteiger partial charge on any atom is -0.465 e. The molecule has 1 aliphatic heterocycles. The number of para-hydroxylation sites is 1. The Morgan fingerprint density at radius 1 is 0.875 bits per heavy atom. The van der Waals surface area contributed by atoms with E-state index < -0.39 is 17.8 Å². The van der Waals surface area contributed by atoms with Gasteiger partial charge in [0, 0.05) is 5.56 Å². The normalized spacial score (nSPS) is 14.7. The predicted octanol–water partition coefficient (Wildman–Crippen LogP) is 6.75. The minimum absolute atomic E-state index is 0.0575. The SMILES string of the molecule is COC(=O)c1ccc(-c2ccc(/C=C3/C(=O)N(c4ccccc4)C(=S)N(c4ccc(C)c(C)c4)C3=O)o2)cc1Cl. The predicted molar refractivity (Wildman–Crippen MR) is 158 cm³/mol. The number of anilines is 2. The summed E-state index contributed by atoms with van der Waals surface area (Å²) in [6.07, 6.45) is 1.41. The summed E-state index contributed by atoms with van der Waals surface area (Å²) in [5.41, 5.74) is 3.85. The topological polar surface area (TPSA) is 80.1 Å². The molecule has 3 aromatic carbocycles. The smallest absolute Gasteiger partial charge is 0.339 e. The number of carbonyl (C=O) groups excluding carboxylic acids is 3. The fourth-order valence-corrected chi connectivity index (χ4v) is 4.93. The molecule has 1 fully saturated rings. The zero-order valence-corrected chi connectivity index (χ0v) is 23.4. The zero-order valence-electron chi connectivity index (χ0n) is 21.8. The fraction of sp³-hybridized carbons (Fsp3) is 0.0968. The van der Waals surface area contributed by atoms with Crippen LogP contribution in [0.25, 0.3) is 17.4 Å². The van der Waals surface area contributed by atoms with Crippen LogP contribution in [0.5, 0.6) is 0 Å². The molecule has 200 valence electrons. The lowest BCUT2D eigenvalue weighted by molar-refractivity contribution is -0.120. The van der Waals surface area contributed by atoms with Crippen LogP contribution < -0.4 is 9.80 Å². The lowest BCUT2D eigenvalue weighted by Gasteiger charge is -2.36. The van der Waals surface area contributed by atoms with Crippen molar-refractivity contribution in [3.05, 3.63) is 112 Å². The second-order valence-electron chi connectivity index (χ2n) is 9.11.